The molecule has 0 amide bonds. The van der Waals surface area contributed by atoms with Crippen LogP contribution in [0.1, 0.15) is 5.56 Å². The van der Waals surface area contributed by atoms with Gasteiger partial charge in [-0.3, -0.25) is 0 Å². The summed E-state index contributed by atoms with van der Waals surface area (Å²) in [5.41, 5.74) is 1.56. The van der Waals surface area contributed by atoms with Crippen LogP contribution in [-0.4, -0.2) is 19.9 Å². The summed E-state index contributed by atoms with van der Waals surface area (Å²) in [6, 6.07) is 9.55. The second-order valence-corrected chi connectivity index (χ2v) is 6.82. The highest BCUT2D eigenvalue weighted by atomic mass is 32.2. The van der Waals surface area contributed by atoms with Crippen LogP contribution in [0.4, 0.5) is 8.78 Å². The third kappa shape index (κ3) is 3.25. The van der Waals surface area contributed by atoms with E-state index < -0.39 is 15.8 Å². The number of rotatable bonds is 5. The Hall–Kier alpha value is -2.25. The fourth-order valence-corrected chi connectivity index (χ4v) is 3.53. The molecule has 0 saturated carbocycles. The third-order valence-corrected chi connectivity index (χ3v) is 5.04. The summed E-state index contributed by atoms with van der Waals surface area (Å²) in [6.45, 7) is 0.0835. The fraction of sp³-hybridized carbons (Fsp3) is 0.125. The van der Waals surface area contributed by atoms with Crippen LogP contribution in [0.3, 0.4) is 0 Å². The average Bonchev–Trinajstić information content (AvgIpc) is 2.90. The summed E-state index contributed by atoms with van der Waals surface area (Å²) in [6.07, 6.45) is 2.07. The van der Waals surface area contributed by atoms with E-state index in [1.54, 1.807) is 12.3 Å². The number of hydrogen-bond acceptors (Lipinski definition) is 2. The van der Waals surface area contributed by atoms with E-state index in [2.05, 4.69) is 9.71 Å². The van der Waals surface area contributed by atoms with Gasteiger partial charge >= 0.3 is 0 Å². The third-order valence-electron chi connectivity index (χ3n) is 3.54. The number of hydrogen-bond donors (Lipinski definition) is 2. The molecule has 3 rings (SSSR count). The van der Waals surface area contributed by atoms with Gasteiger partial charge in [-0.25, -0.2) is 21.9 Å². The van der Waals surface area contributed by atoms with Gasteiger partial charge in [0.1, 0.15) is 16.5 Å². The molecule has 0 unspecified atom stereocenters. The van der Waals surface area contributed by atoms with Crippen LogP contribution in [0.15, 0.2) is 53.6 Å². The van der Waals surface area contributed by atoms with E-state index in [1.165, 1.54) is 30.3 Å². The molecule has 0 aliphatic carbocycles. The van der Waals surface area contributed by atoms with E-state index in [9.17, 15) is 17.2 Å². The summed E-state index contributed by atoms with van der Waals surface area (Å²) in [7, 11) is -3.91. The van der Waals surface area contributed by atoms with Crippen molar-refractivity contribution in [2.45, 2.75) is 11.3 Å². The van der Waals surface area contributed by atoms with Gasteiger partial charge in [0.05, 0.1) is 0 Å². The Morgan fingerprint density at radius 1 is 1.09 bits per heavy atom. The zero-order valence-corrected chi connectivity index (χ0v) is 12.8. The number of aromatic nitrogens is 1. The van der Waals surface area contributed by atoms with Crippen molar-refractivity contribution in [2.24, 2.45) is 0 Å². The van der Waals surface area contributed by atoms with Crippen LogP contribution in [0.25, 0.3) is 10.9 Å². The number of nitrogens with one attached hydrogen (secondary N) is 2. The first-order valence-electron chi connectivity index (χ1n) is 6.97. The second-order valence-electron chi connectivity index (χ2n) is 5.08. The summed E-state index contributed by atoms with van der Waals surface area (Å²) >= 11 is 0. The Balaban J connectivity index is 1.74. The maximum absolute atomic E-state index is 13.6. The molecule has 0 aliphatic rings. The predicted octanol–water partition coefficient (Wildman–Crippen LogP) is 2.97. The van der Waals surface area contributed by atoms with Gasteiger partial charge in [-0.05, 0) is 42.3 Å². The number of fused-ring (bicyclic) bond motifs is 1. The molecule has 1 heterocycles. The zero-order valence-electron chi connectivity index (χ0n) is 12.0. The van der Waals surface area contributed by atoms with Gasteiger partial charge in [-0.1, -0.05) is 12.1 Å². The minimum Gasteiger partial charge on any atom is -0.361 e. The van der Waals surface area contributed by atoms with Crippen LogP contribution in [0.2, 0.25) is 0 Å². The van der Waals surface area contributed by atoms with Crippen LogP contribution in [0, 0.1) is 11.6 Å². The van der Waals surface area contributed by atoms with E-state index in [-0.39, 0.29) is 17.3 Å². The molecule has 23 heavy (non-hydrogen) atoms. The predicted molar refractivity (Wildman–Crippen MR) is 83.5 cm³/mol. The van der Waals surface area contributed by atoms with E-state index >= 15 is 0 Å². The number of aromatic amines is 1. The normalized spacial score (nSPS) is 11.9. The molecule has 2 aromatic carbocycles. The van der Waals surface area contributed by atoms with Crippen molar-refractivity contribution in [1.29, 1.82) is 0 Å². The van der Waals surface area contributed by atoms with Crippen molar-refractivity contribution in [1.82, 2.24) is 9.71 Å². The van der Waals surface area contributed by atoms with E-state index in [0.29, 0.717) is 11.8 Å². The quantitative estimate of drug-likeness (QED) is 0.752. The standard InChI is InChI=1S/C16H14F2N2O2S/c17-12-5-6-15-13(9-12)11(10-19-15)7-8-20-23(21,22)16-4-2-1-3-14(16)18/h1-6,9-10,19-20H,7-8H2. The van der Waals surface area contributed by atoms with Crippen molar-refractivity contribution >= 4 is 20.9 Å². The van der Waals surface area contributed by atoms with Crippen molar-refractivity contribution in [3.8, 4) is 0 Å². The first-order chi connectivity index (χ1) is 11.0. The first kappa shape index (κ1) is 15.6. The minimum atomic E-state index is -3.91. The average molecular weight is 336 g/mol. The van der Waals surface area contributed by atoms with Gasteiger partial charge in [-0.2, -0.15) is 0 Å². The Kier molecular flexibility index (Phi) is 4.14. The fourth-order valence-electron chi connectivity index (χ4n) is 2.42. The lowest BCUT2D eigenvalue weighted by Crippen LogP contribution is -2.26. The Labute approximate surface area is 132 Å². The van der Waals surface area contributed by atoms with Gasteiger partial charge in [0.25, 0.3) is 0 Å². The molecule has 2 N–H and O–H groups in total. The first-order valence-corrected chi connectivity index (χ1v) is 8.45. The monoisotopic (exact) mass is 336 g/mol. The van der Waals surface area contributed by atoms with Crippen molar-refractivity contribution < 1.29 is 17.2 Å². The van der Waals surface area contributed by atoms with Crippen molar-refractivity contribution in [3.63, 3.8) is 0 Å². The molecule has 3 aromatic rings. The van der Waals surface area contributed by atoms with Crippen LogP contribution in [0.5, 0.6) is 0 Å². The maximum atomic E-state index is 13.6. The summed E-state index contributed by atoms with van der Waals surface area (Å²) < 4.78 is 53.4. The zero-order chi connectivity index (χ0) is 16.4. The topological polar surface area (TPSA) is 62.0 Å². The summed E-state index contributed by atoms with van der Waals surface area (Å²) in [5, 5.41) is 0.704. The molecule has 7 heteroatoms. The summed E-state index contributed by atoms with van der Waals surface area (Å²) in [4.78, 5) is 2.62. The second kappa shape index (κ2) is 6.10. The molecule has 0 atom stereocenters. The van der Waals surface area contributed by atoms with Gasteiger partial charge in [-0.15, -0.1) is 0 Å². The minimum absolute atomic E-state index is 0.0835. The molecule has 0 spiro atoms. The Morgan fingerprint density at radius 3 is 2.65 bits per heavy atom. The molecule has 0 aliphatic heterocycles. The highest BCUT2D eigenvalue weighted by Crippen LogP contribution is 2.20. The smallest absolute Gasteiger partial charge is 0.243 e. The molecule has 4 nitrogen and oxygen atoms in total. The number of benzene rings is 2. The van der Waals surface area contributed by atoms with Crippen LogP contribution < -0.4 is 4.72 Å². The van der Waals surface area contributed by atoms with Gasteiger partial charge < -0.3 is 4.98 Å². The summed E-state index contributed by atoms with van der Waals surface area (Å²) in [5.74, 6) is -1.15. The molecule has 0 radical (unpaired) electrons. The SMILES string of the molecule is O=S(=O)(NCCc1c[nH]c2ccc(F)cc12)c1ccccc1F. The van der Waals surface area contributed by atoms with E-state index in [4.69, 9.17) is 0 Å². The van der Waals surface area contributed by atoms with Crippen LogP contribution in [-0.2, 0) is 16.4 Å². The number of halogens is 2. The number of sulfonamides is 1. The maximum Gasteiger partial charge on any atom is 0.243 e. The molecule has 0 bridgehead atoms. The lowest BCUT2D eigenvalue weighted by molar-refractivity contribution is 0.557. The molecular formula is C16H14F2N2O2S. The van der Waals surface area contributed by atoms with Gasteiger partial charge in [0.15, 0.2) is 0 Å². The van der Waals surface area contributed by atoms with E-state index in [0.717, 1.165) is 17.1 Å². The van der Waals surface area contributed by atoms with Crippen LogP contribution >= 0.6 is 0 Å². The molecular weight excluding hydrogens is 322 g/mol. The number of H-pyrrole nitrogens is 1. The molecule has 0 saturated heterocycles. The van der Waals surface area contributed by atoms with Crippen molar-refractivity contribution in [2.75, 3.05) is 6.54 Å². The van der Waals surface area contributed by atoms with Gasteiger partial charge in [0.2, 0.25) is 10.0 Å². The highest BCUT2D eigenvalue weighted by Gasteiger charge is 2.18. The Bertz CT molecular complexity index is 952. The largest absolute Gasteiger partial charge is 0.361 e. The van der Waals surface area contributed by atoms with Crippen molar-refractivity contribution in [3.05, 3.63) is 65.9 Å². The lowest BCUT2D eigenvalue weighted by Gasteiger charge is -2.07. The Morgan fingerprint density at radius 2 is 1.87 bits per heavy atom. The molecule has 1 aromatic heterocycles. The van der Waals surface area contributed by atoms with E-state index in [1.807, 2.05) is 0 Å². The van der Waals surface area contributed by atoms with Gasteiger partial charge in [0, 0.05) is 23.6 Å². The highest BCUT2D eigenvalue weighted by molar-refractivity contribution is 7.89. The lowest BCUT2D eigenvalue weighted by atomic mass is 10.1. The molecule has 120 valence electrons. The molecule has 0 fully saturated rings.